The molecule has 1 amide bonds. The third kappa shape index (κ3) is 2.17. The van der Waals surface area contributed by atoms with Gasteiger partial charge in [0.05, 0.1) is 11.6 Å². The van der Waals surface area contributed by atoms with Crippen LogP contribution in [0.1, 0.15) is 39.7 Å². The third-order valence-electron chi connectivity index (χ3n) is 4.00. The van der Waals surface area contributed by atoms with E-state index in [0.717, 1.165) is 19.3 Å². The smallest absolute Gasteiger partial charge is 0.255 e. The summed E-state index contributed by atoms with van der Waals surface area (Å²) in [5, 5.41) is 5.24. The average molecular weight is 301 g/mol. The van der Waals surface area contributed by atoms with Crippen molar-refractivity contribution in [1.29, 1.82) is 0 Å². The number of carbonyl (C=O) groups excluding carboxylic acids is 1. The van der Waals surface area contributed by atoms with Gasteiger partial charge in [-0.2, -0.15) is 0 Å². The van der Waals surface area contributed by atoms with Crippen molar-refractivity contribution >= 4 is 17.2 Å². The summed E-state index contributed by atoms with van der Waals surface area (Å²) in [6.45, 7) is 0.178. The second kappa shape index (κ2) is 5.07. The zero-order chi connectivity index (χ0) is 14.2. The molecule has 0 bridgehead atoms. The summed E-state index contributed by atoms with van der Waals surface area (Å²) in [6, 6.07) is 7.64. The molecule has 0 radical (unpaired) electrons. The van der Waals surface area contributed by atoms with Crippen LogP contribution in [0.5, 0.6) is 11.5 Å². The maximum Gasteiger partial charge on any atom is 0.255 e. The SMILES string of the molecule is O=C(N[C@H]1CCCc2sccc21)c1cccc2c1OCO2. The molecule has 2 aromatic rings. The molecule has 108 valence electrons. The molecular formula is C16H15NO3S. The first-order valence-electron chi connectivity index (χ1n) is 7.08. The van der Waals surface area contributed by atoms with Crippen molar-refractivity contribution in [2.24, 2.45) is 0 Å². The highest BCUT2D eigenvalue weighted by Crippen LogP contribution is 2.37. The molecule has 2 heterocycles. The molecule has 0 fully saturated rings. The van der Waals surface area contributed by atoms with E-state index in [-0.39, 0.29) is 18.7 Å². The normalized spacial score (nSPS) is 19.1. The van der Waals surface area contributed by atoms with E-state index < -0.39 is 0 Å². The van der Waals surface area contributed by atoms with E-state index in [1.807, 2.05) is 12.1 Å². The Balaban J connectivity index is 1.59. The van der Waals surface area contributed by atoms with Gasteiger partial charge >= 0.3 is 0 Å². The summed E-state index contributed by atoms with van der Waals surface area (Å²) >= 11 is 1.78. The molecule has 4 nitrogen and oxygen atoms in total. The van der Waals surface area contributed by atoms with Gasteiger partial charge in [-0.25, -0.2) is 0 Å². The van der Waals surface area contributed by atoms with Crippen molar-refractivity contribution in [2.75, 3.05) is 6.79 Å². The zero-order valence-electron chi connectivity index (χ0n) is 11.4. The minimum Gasteiger partial charge on any atom is -0.454 e. The average Bonchev–Trinajstić information content (AvgIpc) is 3.15. The molecule has 21 heavy (non-hydrogen) atoms. The third-order valence-corrected chi connectivity index (χ3v) is 4.99. The van der Waals surface area contributed by atoms with E-state index in [4.69, 9.17) is 9.47 Å². The lowest BCUT2D eigenvalue weighted by atomic mass is 9.94. The van der Waals surface area contributed by atoms with Crippen LogP contribution in [0.4, 0.5) is 0 Å². The van der Waals surface area contributed by atoms with Crippen molar-refractivity contribution in [3.8, 4) is 11.5 Å². The maximum atomic E-state index is 12.6. The lowest BCUT2D eigenvalue weighted by Gasteiger charge is -2.23. The van der Waals surface area contributed by atoms with Gasteiger partial charge in [0.25, 0.3) is 5.91 Å². The summed E-state index contributed by atoms with van der Waals surface area (Å²) in [5.74, 6) is 1.10. The molecule has 2 aliphatic rings. The van der Waals surface area contributed by atoms with Crippen LogP contribution in [0.2, 0.25) is 0 Å². The largest absolute Gasteiger partial charge is 0.454 e. The lowest BCUT2D eigenvalue weighted by molar-refractivity contribution is 0.0928. The lowest BCUT2D eigenvalue weighted by Crippen LogP contribution is -2.30. The molecule has 1 aliphatic carbocycles. The molecular weight excluding hydrogens is 286 g/mol. The predicted molar refractivity (Wildman–Crippen MR) is 80.0 cm³/mol. The Morgan fingerprint density at radius 1 is 1.29 bits per heavy atom. The van der Waals surface area contributed by atoms with Gasteiger partial charge in [-0.15, -0.1) is 11.3 Å². The number of hydrogen-bond acceptors (Lipinski definition) is 4. The van der Waals surface area contributed by atoms with Gasteiger partial charge in [0.1, 0.15) is 0 Å². The first kappa shape index (κ1) is 12.7. The fourth-order valence-electron chi connectivity index (χ4n) is 2.98. The number of nitrogens with one attached hydrogen (secondary N) is 1. The Labute approximate surface area is 126 Å². The Kier molecular flexibility index (Phi) is 3.07. The van der Waals surface area contributed by atoms with Crippen LogP contribution in [0.3, 0.4) is 0 Å². The van der Waals surface area contributed by atoms with E-state index in [9.17, 15) is 4.79 Å². The van der Waals surface area contributed by atoms with E-state index in [1.165, 1.54) is 10.4 Å². The van der Waals surface area contributed by atoms with Gasteiger partial charge in [0.2, 0.25) is 6.79 Å². The van der Waals surface area contributed by atoms with Gasteiger partial charge in [-0.05, 0) is 48.4 Å². The van der Waals surface area contributed by atoms with Crippen LogP contribution >= 0.6 is 11.3 Å². The summed E-state index contributed by atoms with van der Waals surface area (Å²) in [6.07, 6.45) is 3.23. The Bertz CT molecular complexity index is 695. The molecule has 1 aromatic heterocycles. The summed E-state index contributed by atoms with van der Waals surface area (Å²) in [4.78, 5) is 14.0. The van der Waals surface area contributed by atoms with Crippen molar-refractivity contribution in [3.63, 3.8) is 0 Å². The van der Waals surface area contributed by atoms with E-state index in [0.29, 0.717) is 17.1 Å². The molecule has 5 heteroatoms. The van der Waals surface area contributed by atoms with Gasteiger partial charge in [-0.3, -0.25) is 4.79 Å². The van der Waals surface area contributed by atoms with E-state index in [1.54, 1.807) is 17.4 Å². The van der Waals surface area contributed by atoms with Gasteiger partial charge in [0.15, 0.2) is 11.5 Å². The number of ether oxygens (including phenoxy) is 2. The second-order valence-corrected chi connectivity index (χ2v) is 6.26. The topological polar surface area (TPSA) is 47.6 Å². The number of hydrogen-bond donors (Lipinski definition) is 1. The predicted octanol–water partition coefficient (Wildman–Crippen LogP) is 3.28. The number of fused-ring (bicyclic) bond motifs is 2. The van der Waals surface area contributed by atoms with Crippen LogP contribution in [0, 0.1) is 0 Å². The molecule has 1 atom stereocenters. The highest BCUT2D eigenvalue weighted by atomic mass is 32.1. The fraction of sp³-hybridized carbons (Fsp3) is 0.312. The molecule has 1 aliphatic heterocycles. The highest BCUT2D eigenvalue weighted by molar-refractivity contribution is 7.10. The number of rotatable bonds is 2. The van der Waals surface area contributed by atoms with Crippen LogP contribution in [-0.4, -0.2) is 12.7 Å². The monoisotopic (exact) mass is 301 g/mol. The second-order valence-electron chi connectivity index (χ2n) is 5.26. The molecule has 0 saturated heterocycles. The molecule has 0 unspecified atom stereocenters. The standard InChI is InChI=1S/C16H15NO3S/c18-16(11-3-1-5-13-15(11)20-9-19-13)17-12-4-2-6-14-10(12)7-8-21-14/h1,3,5,7-8,12H,2,4,6,9H2,(H,17,18)/t12-/m0/s1. The Hall–Kier alpha value is -2.01. The minimum atomic E-state index is -0.0959. The molecule has 1 N–H and O–H groups in total. The summed E-state index contributed by atoms with van der Waals surface area (Å²) < 4.78 is 10.7. The Morgan fingerprint density at radius 3 is 3.19 bits per heavy atom. The zero-order valence-corrected chi connectivity index (χ0v) is 12.2. The number of thiophene rings is 1. The number of benzene rings is 1. The van der Waals surface area contributed by atoms with Gasteiger partial charge < -0.3 is 14.8 Å². The molecule has 0 saturated carbocycles. The fourth-order valence-corrected chi connectivity index (χ4v) is 3.97. The summed E-state index contributed by atoms with van der Waals surface area (Å²) in [7, 11) is 0. The van der Waals surface area contributed by atoms with Crippen LogP contribution in [0.25, 0.3) is 0 Å². The van der Waals surface area contributed by atoms with Crippen LogP contribution in [-0.2, 0) is 6.42 Å². The van der Waals surface area contributed by atoms with E-state index in [2.05, 4.69) is 16.8 Å². The van der Waals surface area contributed by atoms with E-state index >= 15 is 0 Å². The quantitative estimate of drug-likeness (QED) is 0.926. The number of aryl methyl sites for hydroxylation is 1. The highest BCUT2D eigenvalue weighted by Gasteiger charge is 2.26. The molecule has 1 aromatic carbocycles. The number of carbonyl (C=O) groups is 1. The maximum absolute atomic E-state index is 12.6. The molecule has 0 spiro atoms. The molecule has 4 rings (SSSR count). The Morgan fingerprint density at radius 2 is 2.24 bits per heavy atom. The number of para-hydroxylation sites is 1. The van der Waals surface area contributed by atoms with Crippen molar-refractivity contribution in [1.82, 2.24) is 5.32 Å². The minimum absolute atomic E-state index is 0.0959. The first-order chi connectivity index (χ1) is 10.3. The van der Waals surface area contributed by atoms with Crippen molar-refractivity contribution < 1.29 is 14.3 Å². The number of amides is 1. The van der Waals surface area contributed by atoms with Crippen LogP contribution < -0.4 is 14.8 Å². The van der Waals surface area contributed by atoms with Crippen LogP contribution in [0.15, 0.2) is 29.6 Å². The van der Waals surface area contributed by atoms with Crippen molar-refractivity contribution in [2.45, 2.75) is 25.3 Å². The van der Waals surface area contributed by atoms with Gasteiger partial charge in [0, 0.05) is 4.88 Å². The summed E-state index contributed by atoms with van der Waals surface area (Å²) in [5.41, 5.74) is 1.82. The first-order valence-corrected chi connectivity index (χ1v) is 7.96. The van der Waals surface area contributed by atoms with Gasteiger partial charge in [-0.1, -0.05) is 6.07 Å². The van der Waals surface area contributed by atoms with Crippen molar-refractivity contribution in [3.05, 3.63) is 45.6 Å².